The van der Waals surface area contributed by atoms with Crippen molar-refractivity contribution < 1.29 is 4.39 Å². The summed E-state index contributed by atoms with van der Waals surface area (Å²) in [6.45, 7) is 6.48. The monoisotopic (exact) mass is 306 g/mol. The lowest BCUT2D eigenvalue weighted by atomic mass is 9.78. The van der Waals surface area contributed by atoms with Crippen LogP contribution in [0.4, 0.5) is 4.39 Å². The molecule has 1 atom stereocenters. The van der Waals surface area contributed by atoms with Gasteiger partial charge in [0.15, 0.2) is 0 Å². The van der Waals surface area contributed by atoms with Crippen molar-refractivity contribution in [3.63, 3.8) is 0 Å². The van der Waals surface area contributed by atoms with E-state index in [1.165, 1.54) is 6.07 Å². The summed E-state index contributed by atoms with van der Waals surface area (Å²) < 4.78 is 13.9. The summed E-state index contributed by atoms with van der Waals surface area (Å²) in [5.74, 6) is 0.721. The van der Waals surface area contributed by atoms with E-state index < -0.39 is 0 Å². The Morgan fingerprint density at radius 2 is 2.00 bits per heavy atom. The Hall–Kier alpha value is -0.0800. The minimum absolute atomic E-state index is 0.132. The first kappa shape index (κ1) is 14.0. The fourth-order valence-corrected chi connectivity index (χ4v) is 2.56. The van der Waals surface area contributed by atoms with E-state index in [1.54, 1.807) is 6.07 Å². The molecule has 0 saturated carbocycles. The fraction of sp³-hybridized carbons (Fsp3) is 0.538. The Bertz CT molecular complexity index is 357. The summed E-state index contributed by atoms with van der Waals surface area (Å²) in [6.07, 6.45) is 0.797. The van der Waals surface area contributed by atoms with Crippen molar-refractivity contribution in [2.45, 2.75) is 27.2 Å². The van der Waals surface area contributed by atoms with E-state index in [0.717, 1.165) is 12.0 Å². The molecule has 0 aromatic heterocycles. The molecule has 0 N–H and O–H groups in total. The van der Waals surface area contributed by atoms with Gasteiger partial charge < -0.3 is 0 Å². The highest BCUT2D eigenvalue weighted by atomic mass is 79.9. The van der Waals surface area contributed by atoms with Crippen LogP contribution in [0.25, 0.3) is 0 Å². The Morgan fingerprint density at radius 1 is 1.38 bits per heavy atom. The van der Waals surface area contributed by atoms with Gasteiger partial charge in [-0.1, -0.05) is 32.9 Å². The summed E-state index contributed by atoms with van der Waals surface area (Å²) in [6, 6.07) is 5.14. The van der Waals surface area contributed by atoms with Crippen LogP contribution >= 0.6 is 27.5 Å². The van der Waals surface area contributed by atoms with Gasteiger partial charge in [0.1, 0.15) is 5.82 Å². The maximum absolute atomic E-state index is 13.4. The largest absolute Gasteiger partial charge is 0.206 e. The molecule has 0 aliphatic carbocycles. The second-order valence-corrected chi connectivity index (χ2v) is 6.24. The lowest BCUT2D eigenvalue weighted by Gasteiger charge is -2.29. The van der Waals surface area contributed by atoms with E-state index >= 15 is 0 Å². The molecular weight excluding hydrogens is 290 g/mol. The molecule has 0 spiro atoms. The van der Waals surface area contributed by atoms with Crippen LogP contribution in [0.2, 0.25) is 0 Å². The van der Waals surface area contributed by atoms with Crippen LogP contribution in [0.1, 0.15) is 26.3 Å². The van der Waals surface area contributed by atoms with Crippen molar-refractivity contribution in [3.8, 4) is 0 Å². The van der Waals surface area contributed by atoms with Gasteiger partial charge in [-0.05, 0) is 45.3 Å². The van der Waals surface area contributed by atoms with Crippen LogP contribution in [0, 0.1) is 17.2 Å². The van der Waals surface area contributed by atoms with Gasteiger partial charge in [-0.25, -0.2) is 4.39 Å². The molecule has 0 nitrogen and oxygen atoms in total. The van der Waals surface area contributed by atoms with Crippen LogP contribution in [0.3, 0.4) is 0 Å². The van der Waals surface area contributed by atoms with E-state index in [4.69, 9.17) is 11.6 Å². The molecule has 3 heteroatoms. The molecule has 1 aromatic carbocycles. The third-order valence-electron chi connectivity index (χ3n) is 2.91. The quantitative estimate of drug-likeness (QED) is 0.687. The summed E-state index contributed by atoms with van der Waals surface area (Å²) >= 11 is 9.27. The average Bonchev–Trinajstić information content (AvgIpc) is 2.18. The lowest BCUT2D eigenvalue weighted by Crippen LogP contribution is -2.24. The number of hydrogen-bond acceptors (Lipinski definition) is 0. The Kier molecular flexibility index (Phi) is 4.81. The van der Waals surface area contributed by atoms with E-state index in [1.807, 2.05) is 6.07 Å². The second-order valence-electron chi connectivity index (χ2n) is 5.13. The van der Waals surface area contributed by atoms with Crippen molar-refractivity contribution in [2.75, 3.05) is 5.88 Å². The van der Waals surface area contributed by atoms with Crippen LogP contribution in [-0.4, -0.2) is 5.88 Å². The van der Waals surface area contributed by atoms with Gasteiger partial charge in [0, 0.05) is 5.88 Å². The van der Waals surface area contributed by atoms with Gasteiger partial charge in [0.05, 0.1) is 4.47 Å². The third-order valence-corrected chi connectivity index (χ3v) is 4.17. The van der Waals surface area contributed by atoms with Crippen LogP contribution in [-0.2, 0) is 6.42 Å². The second kappa shape index (κ2) is 5.50. The van der Waals surface area contributed by atoms with Gasteiger partial charge in [0.2, 0.25) is 0 Å². The maximum atomic E-state index is 13.4. The van der Waals surface area contributed by atoms with Gasteiger partial charge in [-0.3, -0.25) is 0 Å². The minimum atomic E-state index is -0.209. The fourth-order valence-electron chi connectivity index (χ4n) is 1.56. The summed E-state index contributed by atoms with van der Waals surface area (Å²) in [4.78, 5) is 0. The number of halogens is 3. The standard InChI is InChI=1S/C13H17BrClF/c1-13(2,3)10(8-15)7-9-5-4-6-11(16)12(9)14/h4-6,10H,7-8H2,1-3H3. The third kappa shape index (κ3) is 3.46. The SMILES string of the molecule is CC(C)(C)C(CCl)Cc1cccc(F)c1Br. The molecule has 0 saturated heterocycles. The molecule has 1 aromatic rings. The molecule has 90 valence electrons. The zero-order valence-electron chi connectivity index (χ0n) is 9.86. The molecule has 0 amide bonds. The molecular formula is C13H17BrClF. The smallest absolute Gasteiger partial charge is 0.137 e. The van der Waals surface area contributed by atoms with Crippen molar-refractivity contribution in [1.29, 1.82) is 0 Å². The highest BCUT2D eigenvalue weighted by Crippen LogP contribution is 2.32. The van der Waals surface area contributed by atoms with Crippen LogP contribution < -0.4 is 0 Å². The zero-order valence-corrected chi connectivity index (χ0v) is 12.2. The van der Waals surface area contributed by atoms with Gasteiger partial charge in [0.25, 0.3) is 0 Å². The minimum Gasteiger partial charge on any atom is -0.206 e. The summed E-state index contributed by atoms with van der Waals surface area (Å²) in [5, 5.41) is 0. The number of rotatable bonds is 3. The predicted octanol–water partition coefficient (Wildman–Crippen LogP) is 5.03. The highest BCUT2D eigenvalue weighted by molar-refractivity contribution is 9.10. The molecule has 0 heterocycles. The average molecular weight is 308 g/mol. The lowest BCUT2D eigenvalue weighted by molar-refractivity contribution is 0.263. The zero-order chi connectivity index (χ0) is 12.3. The first-order valence-electron chi connectivity index (χ1n) is 5.35. The molecule has 0 aliphatic rings. The molecule has 0 fully saturated rings. The van der Waals surface area contributed by atoms with E-state index in [-0.39, 0.29) is 11.2 Å². The van der Waals surface area contributed by atoms with Gasteiger partial charge in [-0.2, -0.15) is 0 Å². The van der Waals surface area contributed by atoms with Gasteiger partial charge >= 0.3 is 0 Å². The molecule has 1 rings (SSSR count). The molecule has 0 aliphatic heterocycles. The normalized spacial score (nSPS) is 13.9. The topological polar surface area (TPSA) is 0 Å². The van der Waals surface area contributed by atoms with E-state index in [9.17, 15) is 4.39 Å². The van der Waals surface area contributed by atoms with E-state index in [2.05, 4.69) is 36.7 Å². The number of hydrogen-bond donors (Lipinski definition) is 0. The van der Waals surface area contributed by atoms with E-state index in [0.29, 0.717) is 16.3 Å². The predicted molar refractivity (Wildman–Crippen MR) is 71.5 cm³/mol. The molecule has 16 heavy (non-hydrogen) atoms. The Balaban J connectivity index is 2.91. The molecule has 0 bridgehead atoms. The summed E-state index contributed by atoms with van der Waals surface area (Å²) in [5.41, 5.74) is 1.12. The summed E-state index contributed by atoms with van der Waals surface area (Å²) in [7, 11) is 0. The van der Waals surface area contributed by atoms with Crippen LogP contribution in [0.15, 0.2) is 22.7 Å². The van der Waals surface area contributed by atoms with Crippen LogP contribution in [0.5, 0.6) is 0 Å². The maximum Gasteiger partial charge on any atom is 0.137 e. The first-order chi connectivity index (χ1) is 7.36. The Labute approximate surface area is 110 Å². The number of alkyl halides is 1. The van der Waals surface area contributed by atoms with Crippen molar-refractivity contribution in [1.82, 2.24) is 0 Å². The Morgan fingerprint density at radius 3 is 2.50 bits per heavy atom. The highest BCUT2D eigenvalue weighted by Gasteiger charge is 2.24. The first-order valence-corrected chi connectivity index (χ1v) is 6.68. The number of benzene rings is 1. The molecule has 1 unspecified atom stereocenters. The van der Waals surface area contributed by atoms with Crippen molar-refractivity contribution >= 4 is 27.5 Å². The molecule has 0 radical (unpaired) electrons. The van der Waals surface area contributed by atoms with Gasteiger partial charge in [-0.15, -0.1) is 11.6 Å². The van der Waals surface area contributed by atoms with Crippen molar-refractivity contribution in [3.05, 3.63) is 34.1 Å². The van der Waals surface area contributed by atoms with Crippen molar-refractivity contribution in [2.24, 2.45) is 11.3 Å².